The van der Waals surface area contributed by atoms with E-state index in [1.165, 1.54) is 29.2 Å². The van der Waals surface area contributed by atoms with Crippen molar-refractivity contribution in [3.63, 3.8) is 0 Å². The fourth-order valence-electron chi connectivity index (χ4n) is 2.19. The van der Waals surface area contributed by atoms with Gasteiger partial charge in [-0.05, 0) is 19.3 Å². The van der Waals surface area contributed by atoms with Crippen LogP contribution in [-0.2, 0) is 11.2 Å². The Morgan fingerprint density at radius 3 is 2.73 bits per heavy atom. The lowest BCUT2D eigenvalue weighted by molar-refractivity contribution is -0.115. The van der Waals surface area contributed by atoms with Gasteiger partial charge >= 0.3 is 0 Å². The fraction of sp³-hybridized carbons (Fsp3) is 0.588. The van der Waals surface area contributed by atoms with Gasteiger partial charge in [-0.25, -0.2) is 4.98 Å². The van der Waals surface area contributed by atoms with Crippen molar-refractivity contribution < 1.29 is 4.79 Å². The summed E-state index contributed by atoms with van der Waals surface area (Å²) in [7, 11) is 0. The third kappa shape index (κ3) is 5.91. The zero-order valence-corrected chi connectivity index (χ0v) is 17.2. The summed E-state index contributed by atoms with van der Waals surface area (Å²) in [4.78, 5) is 31.6. The largest absolute Gasteiger partial charge is 0.301 e. The molecule has 0 radical (unpaired) electrons. The average molecular weight is 396 g/mol. The Morgan fingerprint density at radius 2 is 2.12 bits per heavy atom. The number of aromatic nitrogens is 4. The number of H-pyrrole nitrogens is 1. The van der Waals surface area contributed by atoms with Crippen molar-refractivity contribution in [2.75, 3.05) is 5.32 Å². The topological polar surface area (TPSA) is 101 Å². The smallest absolute Gasteiger partial charge is 0.251 e. The molecule has 2 rings (SSSR count). The quantitative estimate of drug-likeness (QED) is 0.497. The van der Waals surface area contributed by atoms with Crippen molar-refractivity contribution in [3.8, 4) is 0 Å². The summed E-state index contributed by atoms with van der Waals surface area (Å²) in [6, 6.07) is 1.52. The molecule has 2 aromatic rings. The van der Waals surface area contributed by atoms with Gasteiger partial charge < -0.3 is 4.98 Å². The monoisotopic (exact) mass is 395 g/mol. The van der Waals surface area contributed by atoms with Crippen molar-refractivity contribution in [1.29, 1.82) is 0 Å². The van der Waals surface area contributed by atoms with E-state index in [0.29, 0.717) is 16.7 Å². The van der Waals surface area contributed by atoms with Crippen LogP contribution in [0.25, 0.3) is 0 Å². The number of aromatic amines is 1. The molecule has 26 heavy (non-hydrogen) atoms. The summed E-state index contributed by atoms with van der Waals surface area (Å²) in [5.74, 6) is 0.111. The highest BCUT2D eigenvalue weighted by atomic mass is 32.2. The molecule has 0 aliphatic rings. The van der Waals surface area contributed by atoms with Crippen LogP contribution in [0.4, 0.5) is 5.13 Å². The zero-order chi connectivity index (χ0) is 19.1. The van der Waals surface area contributed by atoms with Gasteiger partial charge in [-0.1, -0.05) is 57.2 Å². The van der Waals surface area contributed by atoms with Gasteiger partial charge in [0.15, 0.2) is 5.16 Å². The molecular formula is C17H25N5O2S2. The highest BCUT2D eigenvalue weighted by Crippen LogP contribution is 2.26. The summed E-state index contributed by atoms with van der Waals surface area (Å²) in [6.07, 6.45) is 3.39. The Hall–Kier alpha value is -1.74. The normalized spacial score (nSPS) is 12.3. The minimum atomic E-state index is -0.369. The predicted molar refractivity (Wildman–Crippen MR) is 106 cm³/mol. The summed E-state index contributed by atoms with van der Waals surface area (Å²) in [6.45, 7) is 8.09. The van der Waals surface area contributed by atoms with E-state index in [1.54, 1.807) is 0 Å². The van der Waals surface area contributed by atoms with E-state index < -0.39 is 0 Å². The second-order valence-electron chi connectivity index (χ2n) is 6.25. The Morgan fingerprint density at radius 1 is 1.35 bits per heavy atom. The van der Waals surface area contributed by atoms with Crippen LogP contribution in [0.5, 0.6) is 0 Å². The molecular weight excluding hydrogens is 370 g/mol. The number of hydrogen-bond acceptors (Lipinski definition) is 7. The minimum Gasteiger partial charge on any atom is -0.301 e. The summed E-state index contributed by atoms with van der Waals surface area (Å²) in [5, 5.41) is 12.4. The van der Waals surface area contributed by atoms with Crippen molar-refractivity contribution in [2.45, 2.75) is 69.7 Å². The molecule has 0 fully saturated rings. The molecule has 142 valence electrons. The van der Waals surface area contributed by atoms with Crippen molar-refractivity contribution >= 4 is 34.1 Å². The molecule has 9 heteroatoms. The Bertz CT molecular complexity index is 787. The molecule has 2 aromatic heterocycles. The molecule has 1 atom stereocenters. The number of carbonyl (C=O) groups excluding carboxylic acids is 1. The van der Waals surface area contributed by atoms with Crippen LogP contribution in [-0.4, -0.2) is 31.3 Å². The number of hydrogen-bond donors (Lipinski definition) is 2. The second kappa shape index (κ2) is 9.82. The number of aryl methyl sites for hydroxylation is 1. The molecule has 0 aromatic carbocycles. The molecule has 0 aliphatic carbocycles. The SMILES string of the molecule is CCCCc1cc(=O)[nH]c(SC(CC)C(=O)Nc2nnc(C(C)C)s2)n1. The summed E-state index contributed by atoms with van der Waals surface area (Å²) in [5.41, 5.74) is 0.577. The van der Waals surface area contributed by atoms with Gasteiger partial charge in [0, 0.05) is 17.7 Å². The fourth-order valence-corrected chi connectivity index (χ4v) is 3.87. The Kier molecular flexibility index (Phi) is 7.77. The third-order valence-electron chi connectivity index (χ3n) is 3.64. The van der Waals surface area contributed by atoms with Crippen LogP contribution in [0, 0.1) is 0 Å². The van der Waals surface area contributed by atoms with Gasteiger partial charge in [0.25, 0.3) is 5.56 Å². The predicted octanol–water partition coefficient (Wildman–Crippen LogP) is 3.60. The number of anilines is 1. The maximum absolute atomic E-state index is 12.6. The van der Waals surface area contributed by atoms with Gasteiger partial charge in [0.2, 0.25) is 11.0 Å². The molecule has 0 saturated carbocycles. The molecule has 0 aliphatic heterocycles. The number of nitrogens with one attached hydrogen (secondary N) is 2. The first-order valence-electron chi connectivity index (χ1n) is 8.84. The molecule has 0 bridgehead atoms. The van der Waals surface area contributed by atoms with Crippen LogP contribution in [0.15, 0.2) is 16.0 Å². The van der Waals surface area contributed by atoms with Crippen LogP contribution < -0.4 is 10.9 Å². The van der Waals surface area contributed by atoms with Crippen LogP contribution in [0.3, 0.4) is 0 Å². The highest BCUT2D eigenvalue weighted by molar-refractivity contribution is 8.00. The third-order valence-corrected chi connectivity index (χ3v) is 6.03. The maximum atomic E-state index is 12.6. The second-order valence-corrected chi connectivity index (χ2v) is 8.45. The summed E-state index contributed by atoms with van der Waals surface area (Å²) >= 11 is 2.65. The van der Waals surface area contributed by atoms with E-state index in [1.807, 2.05) is 20.8 Å². The lowest BCUT2D eigenvalue weighted by Gasteiger charge is -2.13. The van der Waals surface area contributed by atoms with Crippen molar-refractivity contribution in [3.05, 3.63) is 27.1 Å². The van der Waals surface area contributed by atoms with Gasteiger partial charge in [-0.3, -0.25) is 14.9 Å². The van der Waals surface area contributed by atoms with E-state index in [-0.39, 0.29) is 22.6 Å². The lowest BCUT2D eigenvalue weighted by Crippen LogP contribution is -2.25. The molecule has 2 heterocycles. The zero-order valence-electron chi connectivity index (χ0n) is 15.5. The number of rotatable bonds is 9. The van der Waals surface area contributed by atoms with Crippen LogP contribution >= 0.6 is 23.1 Å². The molecule has 0 saturated heterocycles. The van der Waals surface area contributed by atoms with Gasteiger partial charge in [-0.15, -0.1) is 10.2 Å². The average Bonchev–Trinajstić information content (AvgIpc) is 3.06. The van der Waals surface area contributed by atoms with Gasteiger partial charge in [0.05, 0.1) is 5.25 Å². The number of nitrogens with zero attached hydrogens (tertiary/aromatic N) is 3. The first-order chi connectivity index (χ1) is 12.4. The van der Waals surface area contributed by atoms with Gasteiger partial charge in [0.1, 0.15) is 5.01 Å². The van der Waals surface area contributed by atoms with Crippen LogP contribution in [0.1, 0.15) is 63.6 Å². The first kappa shape index (κ1) is 20.6. The molecule has 2 N–H and O–H groups in total. The molecule has 7 nitrogen and oxygen atoms in total. The Labute approximate surface area is 161 Å². The van der Waals surface area contributed by atoms with E-state index in [4.69, 9.17) is 0 Å². The minimum absolute atomic E-state index is 0.162. The molecule has 1 unspecified atom stereocenters. The van der Waals surface area contributed by atoms with E-state index in [2.05, 4.69) is 32.4 Å². The summed E-state index contributed by atoms with van der Waals surface area (Å²) < 4.78 is 0. The maximum Gasteiger partial charge on any atom is 0.251 e. The van der Waals surface area contributed by atoms with Crippen LogP contribution in [0.2, 0.25) is 0 Å². The Balaban J connectivity index is 2.06. The van der Waals surface area contributed by atoms with Gasteiger partial charge in [-0.2, -0.15) is 0 Å². The standard InChI is InChI=1S/C17H25N5O2S2/c1-5-7-8-11-9-13(23)19-16(18-11)25-12(6-2)14(24)20-17-22-21-15(26-17)10(3)4/h9-10,12H,5-8H2,1-4H3,(H,18,19,23)(H,20,22,24). The number of amides is 1. The lowest BCUT2D eigenvalue weighted by atomic mass is 10.2. The number of thioether (sulfide) groups is 1. The number of unbranched alkanes of at least 4 members (excludes halogenated alkanes) is 1. The van der Waals surface area contributed by atoms with Crippen molar-refractivity contribution in [1.82, 2.24) is 20.2 Å². The number of carbonyl (C=O) groups is 1. The molecule has 0 spiro atoms. The first-order valence-corrected chi connectivity index (χ1v) is 10.5. The molecule has 1 amide bonds. The highest BCUT2D eigenvalue weighted by Gasteiger charge is 2.21. The van der Waals surface area contributed by atoms with E-state index in [0.717, 1.165) is 30.0 Å². The van der Waals surface area contributed by atoms with E-state index in [9.17, 15) is 9.59 Å². The van der Waals surface area contributed by atoms with E-state index >= 15 is 0 Å². The van der Waals surface area contributed by atoms with Crippen molar-refractivity contribution in [2.24, 2.45) is 0 Å².